The van der Waals surface area contributed by atoms with Gasteiger partial charge >= 0.3 is 12.0 Å². The molecule has 3 rings (SSSR count). The SMILES string of the molecule is C=C[N+]1=C=[N+](Cc2cccc(C[N+]3=C=[N+](C=C)C=C3)n2)C=C1. The van der Waals surface area contributed by atoms with E-state index >= 15 is 0 Å². The molecule has 0 saturated carbocycles. The number of rotatable bonds is 6. The van der Waals surface area contributed by atoms with Crippen molar-refractivity contribution in [3.63, 3.8) is 0 Å². The van der Waals surface area contributed by atoms with Gasteiger partial charge in [0.1, 0.15) is 11.4 Å². The highest BCUT2D eigenvalue weighted by Crippen LogP contribution is 2.05. The molecule has 22 heavy (non-hydrogen) atoms. The van der Waals surface area contributed by atoms with Crippen molar-refractivity contribution in [3.05, 3.63) is 79.9 Å². The highest BCUT2D eigenvalue weighted by Gasteiger charge is 2.18. The Hall–Kier alpha value is -3.13. The molecule has 0 amide bonds. The number of hydrogen-bond donors (Lipinski definition) is 0. The van der Waals surface area contributed by atoms with Crippen LogP contribution < -0.4 is 0 Å². The van der Waals surface area contributed by atoms with Gasteiger partial charge in [-0.25, -0.2) is 4.98 Å². The minimum Gasteiger partial charge on any atom is -0.244 e. The third-order valence-electron chi connectivity index (χ3n) is 3.22. The average Bonchev–Trinajstić information content (AvgIpc) is 3.16. The molecule has 0 unspecified atom stereocenters. The zero-order valence-corrected chi connectivity index (χ0v) is 12.3. The molecule has 0 spiro atoms. The normalized spacial score (nSPS) is 15.3. The second-order valence-corrected chi connectivity index (χ2v) is 4.85. The Morgan fingerprint density at radius 1 is 0.864 bits per heavy atom. The Morgan fingerprint density at radius 3 is 1.77 bits per heavy atom. The van der Waals surface area contributed by atoms with Crippen molar-refractivity contribution < 1.29 is 18.3 Å². The molecule has 0 saturated heterocycles. The summed E-state index contributed by atoms with van der Waals surface area (Å²) in [6.07, 6.45) is 11.1. The summed E-state index contributed by atoms with van der Waals surface area (Å²) in [5, 5.41) is 0. The van der Waals surface area contributed by atoms with E-state index < -0.39 is 0 Å². The van der Waals surface area contributed by atoms with Gasteiger partial charge in [0.05, 0.1) is 0 Å². The van der Waals surface area contributed by atoms with Gasteiger partial charge in [0.25, 0.3) is 12.4 Å². The largest absolute Gasteiger partial charge is 0.495 e. The van der Waals surface area contributed by atoms with E-state index in [1.54, 1.807) is 21.6 Å². The highest BCUT2D eigenvalue weighted by atomic mass is 15.1. The molecule has 1 aromatic heterocycles. The molecule has 0 bridgehead atoms. The van der Waals surface area contributed by atoms with Gasteiger partial charge in [-0.15, -0.1) is 0 Å². The Balaban J connectivity index is 1.77. The summed E-state index contributed by atoms with van der Waals surface area (Å²) in [6.45, 7) is 8.77. The molecular formula is C17H17N5+4. The first-order valence-corrected chi connectivity index (χ1v) is 6.96. The first-order valence-electron chi connectivity index (χ1n) is 6.96. The van der Waals surface area contributed by atoms with Crippen molar-refractivity contribution in [2.24, 2.45) is 0 Å². The molecule has 0 aliphatic carbocycles. The van der Waals surface area contributed by atoms with Crippen LogP contribution in [-0.4, -0.2) is 35.3 Å². The third kappa shape index (κ3) is 3.13. The van der Waals surface area contributed by atoms with Crippen LogP contribution in [0.4, 0.5) is 0 Å². The summed E-state index contributed by atoms with van der Waals surface area (Å²) in [7, 11) is 0. The average molecular weight is 291 g/mol. The molecule has 3 heterocycles. The second kappa shape index (κ2) is 6.10. The lowest BCUT2D eigenvalue weighted by molar-refractivity contribution is -0.479. The molecule has 0 N–H and O–H groups in total. The quantitative estimate of drug-likeness (QED) is 0.733. The van der Waals surface area contributed by atoms with E-state index in [0.29, 0.717) is 13.1 Å². The van der Waals surface area contributed by atoms with E-state index in [2.05, 4.69) is 30.2 Å². The third-order valence-corrected chi connectivity index (χ3v) is 3.22. The number of pyridine rings is 1. The fraction of sp³-hybridized carbons (Fsp3) is 0.118. The molecule has 106 valence electrons. The van der Waals surface area contributed by atoms with E-state index in [-0.39, 0.29) is 0 Å². The summed E-state index contributed by atoms with van der Waals surface area (Å²) < 4.78 is 7.46. The maximum Gasteiger partial charge on any atom is 0.495 e. The van der Waals surface area contributed by atoms with Crippen LogP contribution in [0.25, 0.3) is 0 Å². The molecule has 0 radical (unpaired) electrons. The zero-order chi connectivity index (χ0) is 15.4. The lowest BCUT2D eigenvalue weighted by atomic mass is 10.3. The van der Waals surface area contributed by atoms with Crippen LogP contribution >= 0.6 is 0 Å². The molecule has 0 atom stereocenters. The topological polar surface area (TPSA) is 24.9 Å². The minimum atomic E-state index is 0.677. The van der Waals surface area contributed by atoms with Crippen molar-refractivity contribution in [1.82, 2.24) is 4.98 Å². The minimum absolute atomic E-state index is 0.677. The Bertz CT molecular complexity index is 774. The van der Waals surface area contributed by atoms with Crippen LogP contribution in [0.2, 0.25) is 0 Å². The van der Waals surface area contributed by atoms with Gasteiger partial charge in [-0.2, -0.15) is 0 Å². The van der Waals surface area contributed by atoms with Gasteiger partial charge in [-0.1, -0.05) is 24.4 Å². The highest BCUT2D eigenvalue weighted by molar-refractivity contribution is 5.30. The first kappa shape index (κ1) is 13.8. The van der Waals surface area contributed by atoms with Gasteiger partial charge in [0.15, 0.2) is 12.4 Å². The van der Waals surface area contributed by atoms with Crippen molar-refractivity contribution >= 4 is 12.0 Å². The van der Waals surface area contributed by atoms with E-state index in [0.717, 1.165) is 11.4 Å². The van der Waals surface area contributed by atoms with Crippen molar-refractivity contribution in [2.45, 2.75) is 13.1 Å². The predicted octanol–water partition coefficient (Wildman–Crippen LogP) is 1.74. The van der Waals surface area contributed by atoms with Gasteiger partial charge in [0, 0.05) is 0 Å². The first-order chi connectivity index (χ1) is 10.8. The predicted molar refractivity (Wildman–Crippen MR) is 81.4 cm³/mol. The summed E-state index contributed by atoms with van der Waals surface area (Å²) in [6, 6.07) is 12.3. The van der Waals surface area contributed by atoms with Crippen LogP contribution in [-0.2, 0) is 13.1 Å². The van der Waals surface area contributed by atoms with E-state index in [1.807, 2.05) is 52.1 Å². The zero-order valence-electron chi connectivity index (χ0n) is 12.3. The maximum atomic E-state index is 4.68. The van der Waals surface area contributed by atoms with E-state index in [4.69, 9.17) is 0 Å². The standard InChI is InChI=1S/C17H17N5/c1-3-19-8-10-21(14-19)12-16-6-5-7-17(18-16)13-22-11-9-20(4-2)15-22/h3-11H,1-2,12-13H2/q+4. The fourth-order valence-electron chi connectivity index (χ4n) is 2.17. The fourth-order valence-corrected chi connectivity index (χ4v) is 2.17. The van der Waals surface area contributed by atoms with E-state index in [9.17, 15) is 0 Å². The molecule has 5 nitrogen and oxygen atoms in total. The Kier molecular flexibility index (Phi) is 3.84. The van der Waals surface area contributed by atoms with Crippen LogP contribution in [0, 0.1) is 0 Å². The van der Waals surface area contributed by atoms with Gasteiger partial charge < -0.3 is 0 Å². The number of nitrogens with zero attached hydrogens (tertiary/aromatic N) is 5. The molecule has 2 aliphatic rings. The second-order valence-electron chi connectivity index (χ2n) is 4.85. The Labute approximate surface area is 129 Å². The Morgan fingerprint density at radius 2 is 1.36 bits per heavy atom. The summed E-state index contributed by atoms with van der Waals surface area (Å²) >= 11 is 0. The monoisotopic (exact) mass is 291 g/mol. The van der Waals surface area contributed by atoms with Crippen molar-refractivity contribution in [1.29, 1.82) is 0 Å². The van der Waals surface area contributed by atoms with Crippen LogP contribution in [0.5, 0.6) is 0 Å². The molecule has 2 aliphatic heterocycles. The van der Waals surface area contributed by atoms with E-state index in [1.165, 1.54) is 0 Å². The molecule has 0 fully saturated rings. The van der Waals surface area contributed by atoms with Crippen molar-refractivity contribution in [2.75, 3.05) is 0 Å². The van der Waals surface area contributed by atoms with Gasteiger partial charge in [0.2, 0.25) is 25.5 Å². The summed E-state index contributed by atoms with van der Waals surface area (Å²) in [5.41, 5.74) is 1.98. The summed E-state index contributed by atoms with van der Waals surface area (Å²) in [5.74, 6) is 0. The molecule has 5 heteroatoms. The van der Waals surface area contributed by atoms with Crippen LogP contribution in [0.3, 0.4) is 0 Å². The van der Waals surface area contributed by atoms with Crippen molar-refractivity contribution in [3.8, 4) is 0 Å². The lowest BCUT2D eigenvalue weighted by Crippen LogP contribution is -2.08. The maximum absolute atomic E-state index is 4.68. The van der Waals surface area contributed by atoms with Gasteiger partial charge in [-0.05, 0) is 25.3 Å². The van der Waals surface area contributed by atoms with Gasteiger partial charge in [-0.3, -0.25) is 0 Å². The lowest BCUT2D eigenvalue weighted by Gasteiger charge is -1.97. The molecular weight excluding hydrogens is 274 g/mol. The number of aromatic nitrogens is 1. The molecule has 0 aromatic carbocycles. The van der Waals surface area contributed by atoms with Crippen LogP contribution in [0.15, 0.2) is 68.6 Å². The van der Waals surface area contributed by atoms with Crippen LogP contribution in [0.1, 0.15) is 11.4 Å². The summed E-state index contributed by atoms with van der Waals surface area (Å²) in [4.78, 5) is 4.68. The number of hydrogen-bond acceptors (Lipinski definition) is 1. The molecule has 1 aromatic rings. The smallest absolute Gasteiger partial charge is 0.244 e.